The Balaban J connectivity index is 2.08. The number of aromatic hydroxyl groups is 1. The van der Waals surface area contributed by atoms with Crippen LogP contribution in [0.2, 0.25) is 0 Å². The van der Waals surface area contributed by atoms with E-state index >= 15 is 0 Å². The van der Waals surface area contributed by atoms with Crippen molar-refractivity contribution in [3.63, 3.8) is 0 Å². The molecule has 1 aromatic heterocycles. The number of nitrogens with one attached hydrogen (secondary N) is 1. The molecule has 0 amide bonds. The number of H-pyrrole nitrogens is 1. The summed E-state index contributed by atoms with van der Waals surface area (Å²) in [5.41, 5.74) is -0.265. The lowest BCUT2D eigenvalue weighted by Gasteiger charge is -2.30. The minimum atomic E-state index is -0.265. The fourth-order valence-corrected chi connectivity index (χ4v) is 2.72. The Bertz CT molecular complexity index is 431. The molecular weight excluding hydrogens is 216 g/mol. The second kappa shape index (κ2) is 4.90. The zero-order valence-electron chi connectivity index (χ0n) is 10.4. The van der Waals surface area contributed by atoms with Crippen LogP contribution in [0.15, 0.2) is 10.9 Å². The van der Waals surface area contributed by atoms with Gasteiger partial charge in [-0.3, -0.25) is 4.79 Å². The highest BCUT2D eigenvalue weighted by Crippen LogP contribution is 2.37. The minimum absolute atomic E-state index is 0.172. The summed E-state index contributed by atoms with van der Waals surface area (Å²) in [6.45, 7) is 4.53. The first-order valence-corrected chi connectivity index (χ1v) is 6.36. The molecule has 0 radical (unpaired) electrons. The van der Waals surface area contributed by atoms with Gasteiger partial charge < -0.3 is 10.1 Å². The highest BCUT2D eigenvalue weighted by Gasteiger charge is 2.25. The van der Waals surface area contributed by atoms with E-state index in [9.17, 15) is 9.90 Å². The number of aromatic amines is 1. The van der Waals surface area contributed by atoms with Gasteiger partial charge in [-0.1, -0.05) is 13.8 Å². The van der Waals surface area contributed by atoms with E-state index in [0.717, 1.165) is 30.7 Å². The van der Waals surface area contributed by atoms with Crippen molar-refractivity contribution in [2.75, 3.05) is 0 Å². The molecule has 1 saturated carbocycles. The summed E-state index contributed by atoms with van der Waals surface area (Å²) in [6.07, 6.45) is 4.47. The smallest absolute Gasteiger partial charge is 0.254 e. The van der Waals surface area contributed by atoms with Gasteiger partial charge in [0.15, 0.2) is 0 Å². The lowest BCUT2D eigenvalue weighted by atomic mass is 9.77. The summed E-state index contributed by atoms with van der Waals surface area (Å²) < 4.78 is 0. The van der Waals surface area contributed by atoms with E-state index in [0.29, 0.717) is 11.7 Å². The number of hydrogen-bond acceptors (Lipinski definition) is 3. The van der Waals surface area contributed by atoms with Crippen LogP contribution >= 0.6 is 0 Å². The zero-order valence-corrected chi connectivity index (χ0v) is 10.4. The van der Waals surface area contributed by atoms with Crippen LogP contribution in [0.3, 0.4) is 0 Å². The summed E-state index contributed by atoms with van der Waals surface area (Å²) in [4.78, 5) is 18.0. The Hall–Kier alpha value is -1.32. The van der Waals surface area contributed by atoms with Gasteiger partial charge in [-0.25, -0.2) is 4.98 Å². The topological polar surface area (TPSA) is 66.0 Å². The maximum atomic E-state index is 11.3. The van der Waals surface area contributed by atoms with Crippen LogP contribution in [-0.2, 0) is 0 Å². The monoisotopic (exact) mass is 236 g/mol. The van der Waals surface area contributed by atoms with Crippen molar-refractivity contribution in [2.24, 2.45) is 11.8 Å². The molecular formula is C13H20N2O2. The Morgan fingerprint density at radius 2 is 2.00 bits per heavy atom. The number of hydrogen-bond donors (Lipinski definition) is 2. The Morgan fingerprint density at radius 1 is 1.35 bits per heavy atom. The van der Waals surface area contributed by atoms with Crippen LogP contribution in [0.25, 0.3) is 0 Å². The second-order valence-electron chi connectivity index (χ2n) is 5.34. The first-order chi connectivity index (χ1) is 8.06. The largest absolute Gasteiger partial charge is 0.493 e. The fraction of sp³-hybridized carbons (Fsp3) is 0.692. The number of nitrogens with zero attached hydrogens (tertiary/aromatic N) is 1. The third kappa shape index (κ3) is 2.87. The molecule has 1 fully saturated rings. The van der Waals surface area contributed by atoms with Crippen LogP contribution < -0.4 is 5.56 Å². The molecule has 94 valence electrons. The van der Waals surface area contributed by atoms with Gasteiger partial charge in [-0.05, 0) is 37.5 Å². The molecule has 0 atom stereocenters. The van der Waals surface area contributed by atoms with E-state index in [4.69, 9.17) is 0 Å². The molecule has 1 aromatic rings. The molecule has 0 unspecified atom stereocenters. The molecule has 4 nitrogen and oxygen atoms in total. The third-order valence-electron chi connectivity index (χ3n) is 3.85. The van der Waals surface area contributed by atoms with E-state index in [1.165, 1.54) is 12.8 Å². The Kier molecular flexibility index (Phi) is 3.50. The third-order valence-corrected chi connectivity index (χ3v) is 3.85. The van der Waals surface area contributed by atoms with Gasteiger partial charge >= 0.3 is 0 Å². The highest BCUT2D eigenvalue weighted by atomic mass is 16.3. The maximum Gasteiger partial charge on any atom is 0.254 e. The normalized spacial score (nSPS) is 25.1. The van der Waals surface area contributed by atoms with E-state index in [2.05, 4.69) is 23.8 Å². The lowest BCUT2D eigenvalue weighted by molar-refractivity contribution is 0.253. The molecule has 17 heavy (non-hydrogen) atoms. The van der Waals surface area contributed by atoms with E-state index in [1.807, 2.05) is 0 Å². The summed E-state index contributed by atoms with van der Waals surface area (Å²) in [6, 6.07) is 1.11. The van der Waals surface area contributed by atoms with Gasteiger partial charge in [-0.15, -0.1) is 0 Å². The molecule has 2 N–H and O–H groups in total. The molecule has 0 bridgehead atoms. The molecule has 1 aliphatic rings. The van der Waals surface area contributed by atoms with Crippen LogP contribution in [0.5, 0.6) is 5.88 Å². The van der Waals surface area contributed by atoms with Gasteiger partial charge in [0.05, 0.1) is 6.07 Å². The highest BCUT2D eigenvalue weighted by molar-refractivity contribution is 5.09. The van der Waals surface area contributed by atoms with Gasteiger partial charge in [0, 0.05) is 5.92 Å². The number of rotatable bonds is 2. The molecule has 0 spiro atoms. The van der Waals surface area contributed by atoms with E-state index < -0.39 is 0 Å². The van der Waals surface area contributed by atoms with Gasteiger partial charge in [0.2, 0.25) is 5.88 Å². The van der Waals surface area contributed by atoms with Gasteiger partial charge in [0.25, 0.3) is 5.56 Å². The standard InChI is InChI=1S/C13H20N2O2/c1-8(2)9-3-5-10(6-4-9)13-14-11(16)7-12(17)15-13/h7-10H,3-6H2,1-2H3,(H2,14,15,16,17). The molecule has 0 aromatic carbocycles. The molecule has 0 aliphatic heterocycles. The summed E-state index contributed by atoms with van der Waals surface area (Å²) in [7, 11) is 0. The van der Waals surface area contributed by atoms with Crippen molar-refractivity contribution in [1.29, 1.82) is 0 Å². The maximum absolute atomic E-state index is 11.3. The molecule has 0 saturated heterocycles. The molecule has 1 heterocycles. The minimum Gasteiger partial charge on any atom is -0.493 e. The zero-order chi connectivity index (χ0) is 12.4. The van der Waals surface area contributed by atoms with Crippen LogP contribution in [0.1, 0.15) is 51.3 Å². The van der Waals surface area contributed by atoms with Crippen molar-refractivity contribution in [2.45, 2.75) is 45.4 Å². The van der Waals surface area contributed by atoms with Crippen LogP contribution in [-0.4, -0.2) is 15.1 Å². The van der Waals surface area contributed by atoms with Crippen molar-refractivity contribution >= 4 is 0 Å². The SMILES string of the molecule is CC(C)C1CCC(c2nc(O)cc(=O)[nH]2)CC1. The predicted octanol–water partition coefficient (Wildman–Crippen LogP) is 2.41. The molecule has 1 aliphatic carbocycles. The second-order valence-corrected chi connectivity index (χ2v) is 5.34. The average molecular weight is 236 g/mol. The average Bonchev–Trinajstić information content (AvgIpc) is 2.28. The van der Waals surface area contributed by atoms with Gasteiger partial charge in [0.1, 0.15) is 5.82 Å². The van der Waals surface area contributed by atoms with E-state index in [-0.39, 0.29) is 11.4 Å². The van der Waals surface area contributed by atoms with Crippen molar-refractivity contribution in [1.82, 2.24) is 9.97 Å². The van der Waals surface area contributed by atoms with Gasteiger partial charge in [-0.2, -0.15) is 0 Å². The number of aromatic nitrogens is 2. The fourth-order valence-electron chi connectivity index (χ4n) is 2.72. The predicted molar refractivity (Wildman–Crippen MR) is 66.1 cm³/mol. The van der Waals surface area contributed by atoms with Crippen molar-refractivity contribution in [3.8, 4) is 5.88 Å². The van der Waals surface area contributed by atoms with Crippen molar-refractivity contribution in [3.05, 3.63) is 22.2 Å². The molecule has 4 heteroatoms. The van der Waals surface area contributed by atoms with Crippen LogP contribution in [0, 0.1) is 11.8 Å². The summed E-state index contributed by atoms with van der Waals surface area (Å²) in [5, 5.41) is 9.33. The molecule has 2 rings (SSSR count). The van der Waals surface area contributed by atoms with Crippen LogP contribution in [0.4, 0.5) is 0 Å². The Labute approximate surface area is 101 Å². The first-order valence-electron chi connectivity index (χ1n) is 6.36. The summed E-state index contributed by atoms with van der Waals surface area (Å²) in [5.74, 6) is 2.29. The lowest BCUT2D eigenvalue weighted by Crippen LogP contribution is -2.21. The van der Waals surface area contributed by atoms with E-state index in [1.54, 1.807) is 0 Å². The Morgan fingerprint density at radius 3 is 2.53 bits per heavy atom. The summed E-state index contributed by atoms with van der Waals surface area (Å²) >= 11 is 0. The quantitative estimate of drug-likeness (QED) is 0.828. The first kappa shape index (κ1) is 12.1. The van der Waals surface area contributed by atoms with Crippen molar-refractivity contribution < 1.29 is 5.11 Å².